The van der Waals surface area contributed by atoms with Gasteiger partial charge in [-0.1, -0.05) is 19.4 Å². The first-order valence-corrected chi connectivity index (χ1v) is 8.00. The highest BCUT2D eigenvalue weighted by atomic mass is 32.1. The van der Waals surface area contributed by atoms with E-state index >= 15 is 0 Å². The maximum absolute atomic E-state index is 12.3. The fourth-order valence-electron chi connectivity index (χ4n) is 3.32. The van der Waals surface area contributed by atoms with E-state index in [-0.39, 0.29) is 11.8 Å². The second-order valence-electron chi connectivity index (χ2n) is 6.05. The molecule has 0 bridgehead atoms. The highest BCUT2D eigenvalue weighted by molar-refractivity contribution is 7.10. The maximum atomic E-state index is 12.3. The summed E-state index contributed by atoms with van der Waals surface area (Å²) in [4.78, 5) is 15.3. The van der Waals surface area contributed by atoms with Crippen molar-refractivity contribution in [2.75, 3.05) is 13.1 Å². The number of nitrogens with zero attached hydrogens (tertiary/aromatic N) is 1. The van der Waals surface area contributed by atoms with Crippen molar-refractivity contribution >= 4 is 17.2 Å². The summed E-state index contributed by atoms with van der Waals surface area (Å²) in [6, 6.07) is 3.98. The quantitative estimate of drug-likeness (QED) is 0.922. The van der Waals surface area contributed by atoms with Gasteiger partial charge >= 0.3 is 0 Å². The smallest absolute Gasteiger partial charge is 0.227 e. The van der Waals surface area contributed by atoms with Crippen molar-refractivity contribution in [1.82, 2.24) is 4.90 Å². The van der Waals surface area contributed by atoms with Gasteiger partial charge in [0.05, 0.1) is 12.0 Å². The van der Waals surface area contributed by atoms with Crippen LogP contribution in [0, 0.1) is 11.8 Å². The Morgan fingerprint density at radius 3 is 2.95 bits per heavy atom. The van der Waals surface area contributed by atoms with Crippen LogP contribution in [0.25, 0.3) is 0 Å². The van der Waals surface area contributed by atoms with Gasteiger partial charge in [-0.2, -0.15) is 0 Å². The number of hydrogen-bond acceptors (Lipinski definition) is 3. The van der Waals surface area contributed by atoms with Crippen molar-refractivity contribution in [1.29, 1.82) is 0 Å². The van der Waals surface area contributed by atoms with Crippen LogP contribution in [0.15, 0.2) is 17.5 Å². The number of rotatable bonds is 3. The van der Waals surface area contributed by atoms with E-state index in [1.807, 2.05) is 22.4 Å². The molecule has 1 aromatic rings. The van der Waals surface area contributed by atoms with E-state index in [4.69, 9.17) is 0 Å². The molecule has 1 saturated carbocycles. The molecule has 0 aromatic carbocycles. The van der Waals surface area contributed by atoms with Crippen molar-refractivity contribution in [3.8, 4) is 0 Å². The van der Waals surface area contributed by atoms with Crippen LogP contribution in [0.3, 0.4) is 0 Å². The lowest BCUT2D eigenvalue weighted by molar-refractivity contribution is -0.131. The van der Waals surface area contributed by atoms with Gasteiger partial charge in [-0.05, 0) is 30.2 Å². The van der Waals surface area contributed by atoms with Gasteiger partial charge in [0.1, 0.15) is 0 Å². The van der Waals surface area contributed by atoms with Gasteiger partial charge in [0, 0.05) is 23.9 Å². The first kappa shape index (κ1) is 13.1. The molecule has 1 saturated heterocycles. The summed E-state index contributed by atoms with van der Waals surface area (Å²) in [5, 5.41) is 12.8. The summed E-state index contributed by atoms with van der Waals surface area (Å²) in [6.07, 6.45) is 3.94. The highest BCUT2D eigenvalue weighted by Crippen LogP contribution is 2.44. The summed E-state index contributed by atoms with van der Waals surface area (Å²) in [5.41, 5.74) is -0.636. The zero-order valence-corrected chi connectivity index (χ0v) is 12.2. The van der Waals surface area contributed by atoms with Crippen LogP contribution in [0.2, 0.25) is 0 Å². The predicted molar refractivity (Wildman–Crippen MR) is 76.1 cm³/mol. The molecule has 1 N–H and O–H groups in total. The Kier molecular flexibility index (Phi) is 3.39. The van der Waals surface area contributed by atoms with E-state index in [1.165, 1.54) is 6.42 Å². The van der Waals surface area contributed by atoms with E-state index < -0.39 is 5.60 Å². The zero-order chi connectivity index (χ0) is 13.5. The van der Waals surface area contributed by atoms with Gasteiger partial charge in [-0.15, -0.1) is 11.3 Å². The van der Waals surface area contributed by atoms with Crippen molar-refractivity contribution in [2.45, 2.75) is 38.2 Å². The van der Waals surface area contributed by atoms with Crippen LogP contribution in [0.5, 0.6) is 0 Å². The van der Waals surface area contributed by atoms with Crippen LogP contribution in [0.4, 0.5) is 0 Å². The van der Waals surface area contributed by atoms with E-state index in [1.54, 1.807) is 11.3 Å². The summed E-state index contributed by atoms with van der Waals surface area (Å²) in [7, 11) is 0. The molecule has 2 heterocycles. The Morgan fingerprint density at radius 1 is 1.58 bits per heavy atom. The molecule has 0 radical (unpaired) electrons. The first-order chi connectivity index (χ1) is 9.09. The molecule has 19 heavy (non-hydrogen) atoms. The van der Waals surface area contributed by atoms with E-state index in [9.17, 15) is 9.90 Å². The van der Waals surface area contributed by atoms with E-state index in [0.717, 1.165) is 17.7 Å². The highest BCUT2D eigenvalue weighted by Gasteiger charge is 2.50. The van der Waals surface area contributed by atoms with Gasteiger partial charge in [0.2, 0.25) is 5.91 Å². The SMILES string of the molecule is C[C@@H]1CN(C(=O)Cc2cccs2)C[C@@]1(O)C1CCC1. The third-order valence-corrected chi connectivity index (χ3v) is 5.74. The largest absolute Gasteiger partial charge is 0.387 e. The summed E-state index contributed by atoms with van der Waals surface area (Å²) in [5.74, 6) is 0.761. The number of β-amino-alcohol motifs (C(OH)–C–C–N with tert-alkyl or cyclic N) is 1. The normalized spacial score (nSPS) is 31.5. The molecule has 3 nitrogen and oxygen atoms in total. The molecular weight excluding hydrogens is 258 g/mol. The molecule has 0 unspecified atom stereocenters. The Labute approximate surface area is 118 Å². The predicted octanol–water partition coefficient (Wildman–Crippen LogP) is 2.30. The molecule has 1 aliphatic heterocycles. The van der Waals surface area contributed by atoms with Crippen LogP contribution in [-0.4, -0.2) is 34.6 Å². The van der Waals surface area contributed by atoms with Crippen LogP contribution >= 0.6 is 11.3 Å². The van der Waals surface area contributed by atoms with Crippen LogP contribution in [-0.2, 0) is 11.2 Å². The van der Waals surface area contributed by atoms with Gasteiger partial charge in [-0.3, -0.25) is 4.79 Å². The molecule has 4 heteroatoms. The minimum Gasteiger partial charge on any atom is -0.387 e. The number of hydrogen-bond donors (Lipinski definition) is 1. The first-order valence-electron chi connectivity index (χ1n) is 7.12. The fraction of sp³-hybridized carbons (Fsp3) is 0.667. The average molecular weight is 279 g/mol. The Hall–Kier alpha value is -0.870. The monoisotopic (exact) mass is 279 g/mol. The van der Waals surface area contributed by atoms with Gasteiger partial charge < -0.3 is 10.0 Å². The summed E-state index contributed by atoms with van der Waals surface area (Å²) in [6.45, 7) is 3.32. The summed E-state index contributed by atoms with van der Waals surface area (Å²) >= 11 is 1.62. The lowest BCUT2D eigenvalue weighted by atomic mass is 9.69. The van der Waals surface area contributed by atoms with Gasteiger partial charge in [0.15, 0.2) is 0 Å². The van der Waals surface area contributed by atoms with Crippen molar-refractivity contribution in [3.63, 3.8) is 0 Å². The van der Waals surface area contributed by atoms with Crippen molar-refractivity contribution in [2.24, 2.45) is 11.8 Å². The topological polar surface area (TPSA) is 40.5 Å². The second kappa shape index (κ2) is 4.91. The van der Waals surface area contributed by atoms with Crippen molar-refractivity contribution in [3.05, 3.63) is 22.4 Å². The average Bonchev–Trinajstić information content (AvgIpc) is 2.86. The Balaban J connectivity index is 1.65. The number of carbonyl (C=O) groups is 1. The van der Waals surface area contributed by atoms with Crippen LogP contribution in [0.1, 0.15) is 31.1 Å². The maximum Gasteiger partial charge on any atom is 0.227 e. The minimum atomic E-state index is -0.636. The molecule has 1 aliphatic carbocycles. The molecule has 2 fully saturated rings. The molecule has 1 aromatic heterocycles. The third kappa shape index (κ3) is 2.32. The number of carbonyl (C=O) groups excluding carboxylic acids is 1. The molecule has 2 aliphatic rings. The molecule has 104 valence electrons. The Morgan fingerprint density at radius 2 is 2.37 bits per heavy atom. The summed E-state index contributed by atoms with van der Waals surface area (Å²) < 4.78 is 0. The molecule has 0 spiro atoms. The Bertz CT molecular complexity index is 455. The van der Waals surface area contributed by atoms with E-state index in [2.05, 4.69) is 6.92 Å². The zero-order valence-electron chi connectivity index (χ0n) is 11.3. The molecule has 1 amide bonds. The standard InChI is InChI=1S/C15H21NO2S/c1-11-9-16(10-15(11,18)12-4-2-5-12)14(17)8-13-6-3-7-19-13/h3,6-7,11-12,18H,2,4-5,8-10H2,1H3/t11-,15+/m1/s1. The number of likely N-dealkylation sites (tertiary alicyclic amines) is 1. The van der Waals surface area contributed by atoms with E-state index in [0.29, 0.717) is 25.4 Å². The van der Waals surface area contributed by atoms with Crippen LogP contribution < -0.4 is 0 Å². The lowest BCUT2D eigenvalue weighted by Crippen LogP contribution is -2.48. The molecular formula is C15H21NO2S. The second-order valence-corrected chi connectivity index (χ2v) is 7.08. The fourth-order valence-corrected chi connectivity index (χ4v) is 4.01. The lowest BCUT2D eigenvalue weighted by Gasteiger charge is -2.41. The third-order valence-electron chi connectivity index (χ3n) is 4.86. The minimum absolute atomic E-state index is 0.157. The van der Waals surface area contributed by atoms with Crippen molar-refractivity contribution < 1.29 is 9.90 Å². The number of amides is 1. The number of aliphatic hydroxyl groups is 1. The molecule has 2 atom stereocenters. The van der Waals surface area contributed by atoms with Gasteiger partial charge in [-0.25, -0.2) is 0 Å². The van der Waals surface area contributed by atoms with Gasteiger partial charge in [0.25, 0.3) is 0 Å². The molecule has 3 rings (SSSR count). The number of thiophene rings is 1.